The van der Waals surface area contributed by atoms with Crippen LogP contribution in [-0.4, -0.2) is 11.9 Å². The Balaban J connectivity index is -0.0000000743. The van der Waals surface area contributed by atoms with Crippen molar-refractivity contribution in [2.75, 3.05) is 11.9 Å². The summed E-state index contributed by atoms with van der Waals surface area (Å²) in [6, 6.07) is 0. The third kappa shape index (κ3) is 47.1. The molecule has 0 heterocycles. The van der Waals surface area contributed by atoms with Crippen LogP contribution < -0.4 is 29.6 Å². The molecular weight excluding hydrogens is 275 g/mol. The first kappa shape index (κ1) is 25.3. The molecule has 0 saturated carbocycles. The van der Waals surface area contributed by atoms with E-state index in [4.69, 9.17) is 18.4 Å². The van der Waals surface area contributed by atoms with Crippen LogP contribution in [0.15, 0.2) is 0 Å². The quantitative estimate of drug-likeness (QED) is 0.378. The van der Waals surface area contributed by atoms with Crippen molar-refractivity contribution in [3.05, 3.63) is 18.0 Å². The summed E-state index contributed by atoms with van der Waals surface area (Å²) in [7, 11) is 0. The van der Waals surface area contributed by atoms with Crippen LogP contribution in [0, 0.1) is 29.2 Å². The van der Waals surface area contributed by atoms with Crippen molar-refractivity contribution in [1.82, 2.24) is 0 Å². The van der Waals surface area contributed by atoms with E-state index < -0.39 is 0 Å². The molecular formula is C12H22BrN2Na. The molecule has 2 nitrogen and oxygen atoms in total. The number of hydrogen-bond acceptors (Lipinski definition) is 1. The maximum Gasteiger partial charge on any atom is 1.00 e. The summed E-state index contributed by atoms with van der Waals surface area (Å²) in [5.41, 5.74) is 0.655. The first-order chi connectivity index (χ1) is 6.62. The van der Waals surface area contributed by atoms with Gasteiger partial charge in [0.05, 0.1) is 0 Å². The average Bonchev–Trinajstić information content (AvgIpc) is 2.06. The first-order valence-electron chi connectivity index (χ1n) is 4.74. The van der Waals surface area contributed by atoms with E-state index in [1.165, 1.54) is 0 Å². The summed E-state index contributed by atoms with van der Waals surface area (Å²) in [5.74, 6) is 0. The van der Waals surface area contributed by atoms with E-state index in [1.807, 2.05) is 0 Å². The zero-order chi connectivity index (χ0) is 13.1. The summed E-state index contributed by atoms with van der Waals surface area (Å²) in [6.07, 6.45) is 0. The van der Waals surface area contributed by atoms with Gasteiger partial charge in [-0.1, -0.05) is 57.5 Å². The molecule has 0 atom stereocenters. The van der Waals surface area contributed by atoms with Gasteiger partial charge in [0, 0.05) is 10.7 Å². The number of nitrogens with zero attached hydrogens (tertiary/aromatic N) is 2. The Bertz CT molecular complexity index is 194. The van der Waals surface area contributed by atoms with Crippen LogP contribution in [0.4, 0.5) is 0 Å². The van der Waals surface area contributed by atoms with Crippen molar-refractivity contribution >= 4 is 15.9 Å². The van der Waals surface area contributed by atoms with Crippen LogP contribution in [0.3, 0.4) is 0 Å². The fourth-order valence-corrected chi connectivity index (χ4v) is 0.237. The molecule has 0 rings (SSSR count). The first-order valence-corrected chi connectivity index (χ1v) is 5.86. The average molecular weight is 297 g/mol. The normalized spacial score (nSPS) is 9.25. The van der Waals surface area contributed by atoms with Crippen LogP contribution in [-0.2, 0) is 0 Å². The third-order valence-electron chi connectivity index (χ3n) is 0.954. The molecule has 0 saturated heterocycles. The Hall–Kier alpha value is 0.460. The summed E-state index contributed by atoms with van der Waals surface area (Å²) >= 11 is 3.37. The van der Waals surface area contributed by atoms with E-state index in [2.05, 4.69) is 62.3 Å². The molecule has 0 spiro atoms. The third-order valence-corrected chi connectivity index (χ3v) is 2.64. The van der Waals surface area contributed by atoms with Crippen molar-refractivity contribution in [3.63, 3.8) is 0 Å². The van der Waals surface area contributed by atoms with E-state index in [0.717, 1.165) is 5.33 Å². The molecule has 88 valence electrons. The molecule has 0 N–H and O–H groups in total. The smallest absolute Gasteiger partial charge is 0.512 e. The van der Waals surface area contributed by atoms with Gasteiger partial charge in [-0.3, -0.25) is 0 Å². The fourth-order valence-electron chi connectivity index (χ4n) is 0.237. The predicted molar refractivity (Wildman–Crippen MR) is 69.1 cm³/mol. The molecule has 0 aliphatic heterocycles. The van der Waals surface area contributed by atoms with Gasteiger partial charge in [-0.2, -0.15) is 0 Å². The number of hydrogen-bond donors (Lipinski definition) is 0. The molecule has 4 heteroatoms. The molecule has 0 bridgehead atoms. The van der Waals surface area contributed by atoms with Crippen LogP contribution in [0.25, 0.3) is 4.85 Å². The maximum atomic E-state index is 6.48. The second kappa shape index (κ2) is 13.5. The van der Waals surface area contributed by atoms with Crippen LogP contribution in [0.1, 0.15) is 41.5 Å². The number of alkyl halides is 1. The molecule has 0 unspecified atom stereocenters. The molecule has 0 aliphatic carbocycles. The molecule has 0 fully saturated rings. The Labute approximate surface area is 132 Å². The second-order valence-corrected chi connectivity index (χ2v) is 6.13. The van der Waals surface area contributed by atoms with Gasteiger partial charge in [0.25, 0.3) is 0 Å². The topological polar surface area (TPSA) is 28.1 Å². The molecule has 0 aromatic heterocycles. The van der Waals surface area contributed by atoms with Crippen LogP contribution >= 0.6 is 15.9 Å². The molecule has 0 aromatic rings. The molecule has 0 aliphatic rings. The SMILES string of the molecule is CC(C)(C)CBr.[C-]#N.[C-]#[N+]CC(C)(C)C.[Na+]. The van der Waals surface area contributed by atoms with Gasteiger partial charge in [-0.05, 0) is 5.41 Å². The zero-order valence-electron chi connectivity index (χ0n) is 11.7. The van der Waals surface area contributed by atoms with Crippen molar-refractivity contribution in [2.45, 2.75) is 41.5 Å². The Morgan fingerprint density at radius 2 is 1.25 bits per heavy atom. The molecule has 16 heavy (non-hydrogen) atoms. The maximum absolute atomic E-state index is 6.48. The number of rotatable bonds is 0. The van der Waals surface area contributed by atoms with E-state index in [9.17, 15) is 0 Å². The van der Waals surface area contributed by atoms with Gasteiger partial charge in [0.15, 0.2) is 0 Å². The van der Waals surface area contributed by atoms with Gasteiger partial charge in [-0.25, -0.2) is 6.57 Å². The van der Waals surface area contributed by atoms with E-state index in [1.54, 1.807) is 0 Å². The molecule has 0 amide bonds. The van der Waals surface area contributed by atoms with E-state index in [0.29, 0.717) is 12.0 Å². The summed E-state index contributed by atoms with van der Waals surface area (Å²) in [4.78, 5) is 3.26. The zero-order valence-corrected chi connectivity index (χ0v) is 15.3. The largest absolute Gasteiger partial charge is 1.00 e. The van der Waals surface area contributed by atoms with Gasteiger partial charge in [0.1, 0.15) is 0 Å². The summed E-state index contributed by atoms with van der Waals surface area (Å²) < 4.78 is 0. The predicted octanol–water partition coefficient (Wildman–Crippen LogP) is 1.48. The van der Waals surface area contributed by atoms with Crippen molar-refractivity contribution in [2.24, 2.45) is 10.8 Å². The van der Waals surface area contributed by atoms with Gasteiger partial charge < -0.3 is 16.7 Å². The summed E-state index contributed by atoms with van der Waals surface area (Å²) in [6.45, 7) is 24.6. The number of halogens is 1. The van der Waals surface area contributed by atoms with Crippen molar-refractivity contribution < 1.29 is 29.6 Å². The minimum absolute atomic E-state index is 0. The van der Waals surface area contributed by atoms with Crippen LogP contribution in [0.2, 0.25) is 0 Å². The van der Waals surface area contributed by atoms with Gasteiger partial charge in [0.2, 0.25) is 6.54 Å². The standard InChI is InChI=1S/C6H11N.C5H11Br.CN.Na/c1-6(2,3)5-7-4;1-5(2,3)4-6;1-2;/h5H2,1-3H3;4H2,1-3H3;;/q;;-1;+1. The Morgan fingerprint density at radius 3 is 1.25 bits per heavy atom. The van der Waals surface area contributed by atoms with Crippen LogP contribution in [0.5, 0.6) is 0 Å². The minimum Gasteiger partial charge on any atom is -0.512 e. The van der Waals surface area contributed by atoms with Crippen molar-refractivity contribution in [1.29, 1.82) is 5.26 Å². The van der Waals surface area contributed by atoms with E-state index in [-0.39, 0.29) is 35.0 Å². The molecule has 0 aromatic carbocycles. The Morgan fingerprint density at radius 1 is 1.00 bits per heavy atom. The molecule has 0 radical (unpaired) electrons. The Kier molecular flexibility index (Phi) is 21.4. The second-order valence-electron chi connectivity index (χ2n) is 5.57. The van der Waals surface area contributed by atoms with E-state index >= 15 is 0 Å². The minimum atomic E-state index is 0. The fraction of sp³-hybridized carbons (Fsp3) is 0.833. The monoisotopic (exact) mass is 296 g/mol. The van der Waals surface area contributed by atoms with Gasteiger partial charge in [-0.15, -0.1) is 0 Å². The van der Waals surface area contributed by atoms with Crippen molar-refractivity contribution in [3.8, 4) is 0 Å². The summed E-state index contributed by atoms with van der Waals surface area (Å²) in [5, 5.41) is 7.33. The van der Waals surface area contributed by atoms with Gasteiger partial charge >= 0.3 is 29.6 Å².